The largest absolute Gasteiger partial charge is 0.0667 e. The zero-order chi connectivity index (χ0) is 9.46. The van der Waals surface area contributed by atoms with Gasteiger partial charge < -0.3 is 0 Å². The van der Waals surface area contributed by atoms with E-state index in [1.165, 1.54) is 11.1 Å². The molecule has 0 saturated heterocycles. The molecule has 68 valence electrons. The summed E-state index contributed by atoms with van der Waals surface area (Å²) < 4.78 is 0. The average molecular weight is 164 g/mol. The van der Waals surface area contributed by atoms with Crippen molar-refractivity contribution in [3.63, 3.8) is 0 Å². The quantitative estimate of drug-likeness (QED) is 0.508. The van der Waals surface area contributed by atoms with Gasteiger partial charge in [0.2, 0.25) is 0 Å². The van der Waals surface area contributed by atoms with E-state index in [0.717, 1.165) is 11.8 Å². The lowest BCUT2D eigenvalue weighted by Gasteiger charge is -2.30. The summed E-state index contributed by atoms with van der Waals surface area (Å²) in [6, 6.07) is 0. The number of hydrogen-bond acceptors (Lipinski definition) is 0. The highest BCUT2D eigenvalue weighted by Gasteiger charge is 2.23. The highest BCUT2D eigenvalue weighted by molar-refractivity contribution is 5.40. The van der Waals surface area contributed by atoms with Gasteiger partial charge in [0, 0.05) is 0 Å². The smallest absolute Gasteiger partial charge is 0.0165 e. The Labute approximate surface area is 76.4 Å². The second kappa shape index (κ2) is 3.08. The van der Waals surface area contributed by atoms with Gasteiger partial charge in [-0.05, 0) is 50.7 Å². The van der Waals surface area contributed by atoms with E-state index in [0.29, 0.717) is 0 Å². The minimum atomic E-state index is 0.730. The van der Waals surface area contributed by atoms with Gasteiger partial charge in [0.15, 0.2) is 0 Å². The molecule has 0 amide bonds. The van der Waals surface area contributed by atoms with Crippen LogP contribution in [0.15, 0.2) is 22.3 Å². The fraction of sp³-hybridized carbons (Fsp3) is 0.667. The van der Waals surface area contributed by atoms with E-state index in [2.05, 4.69) is 41.5 Å². The van der Waals surface area contributed by atoms with E-state index in [1.807, 2.05) is 0 Å². The van der Waals surface area contributed by atoms with Crippen LogP contribution in [0.25, 0.3) is 0 Å². The SMILES string of the molecule is CC1=C(C)C(C)C(C)C(C)=C1C. The average Bonchev–Trinajstić information content (AvgIpc) is 2.08. The summed E-state index contributed by atoms with van der Waals surface area (Å²) in [5, 5.41) is 0. The summed E-state index contributed by atoms with van der Waals surface area (Å²) in [7, 11) is 0. The molecular weight excluding hydrogens is 144 g/mol. The molecule has 0 nitrogen and oxygen atoms in total. The van der Waals surface area contributed by atoms with E-state index >= 15 is 0 Å². The zero-order valence-corrected chi connectivity index (χ0v) is 9.15. The Bertz CT molecular complexity index is 225. The van der Waals surface area contributed by atoms with Crippen molar-refractivity contribution < 1.29 is 0 Å². The lowest BCUT2D eigenvalue weighted by atomic mass is 9.75. The Kier molecular flexibility index (Phi) is 2.46. The molecule has 0 aromatic carbocycles. The fourth-order valence-corrected chi connectivity index (χ4v) is 2.02. The summed E-state index contributed by atoms with van der Waals surface area (Å²) >= 11 is 0. The van der Waals surface area contributed by atoms with Gasteiger partial charge in [0.1, 0.15) is 0 Å². The first-order valence-corrected chi connectivity index (χ1v) is 4.82. The maximum atomic E-state index is 2.33. The molecule has 2 atom stereocenters. The van der Waals surface area contributed by atoms with Crippen LogP contribution in [0, 0.1) is 11.8 Å². The predicted octanol–water partition coefficient (Wildman–Crippen LogP) is 3.95. The van der Waals surface area contributed by atoms with E-state index in [-0.39, 0.29) is 0 Å². The Morgan fingerprint density at radius 3 is 1.17 bits per heavy atom. The Morgan fingerprint density at radius 2 is 0.917 bits per heavy atom. The number of rotatable bonds is 0. The van der Waals surface area contributed by atoms with Gasteiger partial charge in [-0.25, -0.2) is 0 Å². The third-order valence-electron chi connectivity index (χ3n) is 3.86. The minimum Gasteiger partial charge on any atom is -0.0667 e. The third-order valence-corrected chi connectivity index (χ3v) is 3.86. The third kappa shape index (κ3) is 1.24. The highest BCUT2D eigenvalue weighted by atomic mass is 14.3. The first-order valence-electron chi connectivity index (χ1n) is 4.82. The lowest BCUT2D eigenvalue weighted by Crippen LogP contribution is -2.17. The van der Waals surface area contributed by atoms with Crippen LogP contribution in [0.2, 0.25) is 0 Å². The highest BCUT2D eigenvalue weighted by Crippen LogP contribution is 2.37. The Hall–Kier alpha value is -0.520. The normalized spacial score (nSPS) is 31.5. The van der Waals surface area contributed by atoms with Crippen LogP contribution in [0.3, 0.4) is 0 Å². The van der Waals surface area contributed by atoms with Crippen LogP contribution in [0.5, 0.6) is 0 Å². The van der Waals surface area contributed by atoms with Gasteiger partial charge in [-0.3, -0.25) is 0 Å². The van der Waals surface area contributed by atoms with Gasteiger partial charge in [0.05, 0.1) is 0 Å². The molecule has 0 fully saturated rings. The van der Waals surface area contributed by atoms with E-state index in [1.54, 1.807) is 11.1 Å². The maximum Gasteiger partial charge on any atom is -0.0165 e. The van der Waals surface area contributed by atoms with Gasteiger partial charge >= 0.3 is 0 Å². The molecule has 0 spiro atoms. The molecule has 0 aromatic rings. The molecule has 1 rings (SSSR count). The Morgan fingerprint density at radius 1 is 0.667 bits per heavy atom. The summed E-state index contributed by atoms with van der Waals surface area (Å²) in [5.74, 6) is 1.46. The van der Waals surface area contributed by atoms with Gasteiger partial charge in [-0.2, -0.15) is 0 Å². The fourth-order valence-electron chi connectivity index (χ4n) is 2.02. The Balaban J connectivity index is 3.18. The first kappa shape index (κ1) is 9.57. The van der Waals surface area contributed by atoms with Gasteiger partial charge in [-0.1, -0.05) is 25.0 Å². The van der Waals surface area contributed by atoms with Crippen LogP contribution < -0.4 is 0 Å². The van der Waals surface area contributed by atoms with Crippen molar-refractivity contribution in [3.8, 4) is 0 Å². The first-order chi connectivity index (χ1) is 5.46. The molecule has 2 unspecified atom stereocenters. The van der Waals surface area contributed by atoms with Gasteiger partial charge in [-0.15, -0.1) is 0 Å². The molecule has 12 heavy (non-hydrogen) atoms. The van der Waals surface area contributed by atoms with Crippen molar-refractivity contribution >= 4 is 0 Å². The standard InChI is InChI=1S/C12H20/c1-7-8(2)10(4)12(6)11(5)9(7)3/h7-8H,1-6H3. The number of hydrogen-bond donors (Lipinski definition) is 0. The van der Waals surface area contributed by atoms with Crippen LogP contribution in [-0.2, 0) is 0 Å². The molecule has 0 bridgehead atoms. The van der Waals surface area contributed by atoms with Crippen LogP contribution in [0.1, 0.15) is 41.5 Å². The van der Waals surface area contributed by atoms with Crippen LogP contribution >= 0.6 is 0 Å². The van der Waals surface area contributed by atoms with Gasteiger partial charge in [0.25, 0.3) is 0 Å². The molecule has 1 aliphatic carbocycles. The predicted molar refractivity (Wildman–Crippen MR) is 55.1 cm³/mol. The lowest BCUT2D eigenvalue weighted by molar-refractivity contribution is 0.486. The van der Waals surface area contributed by atoms with E-state index in [4.69, 9.17) is 0 Å². The monoisotopic (exact) mass is 164 g/mol. The molecule has 0 saturated carbocycles. The molecular formula is C12H20. The number of allylic oxidation sites excluding steroid dienone is 4. The summed E-state index contributed by atoms with van der Waals surface area (Å²) in [4.78, 5) is 0. The van der Waals surface area contributed by atoms with E-state index < -0.39 is 0 Å². The summed E-state index contributed by atoms with van der Waals surface area (Å²) in [6.07, 6.45) is 0. The second-order valence-electron chi connectivity index (χ2n) is 4.19. The van der Waals surface area contributed by atoms with Crippen molar-refractivity contribution in [1.82, 2.24) is 0 Å². The van der Waals surface area contributed by atoms with Crippen molar-refractivity contribution in [3.05, 3.63) is 22.3 Å². The molecule has 1 aliphatic rings. The van der Waals surface area contributed by atoms with E-state index in [9.17, 15) is 0 Å². The summed E-state index contributed by atoms with van der Waals surface area (Å²) in [5.41, 5.74) is 6.17. The minimum absolute atomic E-state index is 0.730. The van der Waals surface area contributed by atoms with Crippen LogP contribution in [0.4, 0.5) is 0 Å². The van der Waals surface area contributed by atoms with Crippen molar-refractivity contribution in [2.75, 3.05) is 0 Å². The van der Waals surface area contributed by atoms with Crippen molar-refractivity contribution in [2.24, 2.45) is 11.8 Å². The molecule has 0 heteroatoms. The molecule has 0 N–H and O–H groups in total. The second-order valence-corrected chi connectivity index (χ2v) is 4.19. The maximum absolute atomic E-state index is 2.33. The topological polar surface area (TPSA) is 0 Å². The molecule has 0 heterocycles. The van der Waals surface area contributed by atoms with Crippen molar-refractivity contribution in [2.45, 2.75) is 41.5 Å². The van der Waals surface area contributed by atoms with Crippen molar-refractivity contribution in [1.29, 1.82) is 0 Å². The molecule has 0 radical (unpaired) electrons. The zero-order valence-electron chi connectivity index (χ0n) is 9.15. The van der Waals surface area contributed by atoms with Crippen LogP contribution in [-0.4, -0.2) is 0 Å². The summed E-state index contributed by atoms with van der Waals surface area (Å²) in [6.45, 7) is 13.7. The molecule has 0 aromatic heterocycles. The molecule has 0 aliphatic heterocycles.